The molecule has 23 heavy (non-hydrogen) atoms. The van der Waals surface area contributed by atoms with Gasteiger partial charge in [0.15, 0.2) is 0 Å². The molecule has 0 bridgehead atoms. The van der Waals surface area contributed by atoms with Crippen LogP contribution < -0.4 is 11.1 Å². The van der Waals surface area contributed by atoms with Gasteiger partial charge in [0.2, 0.25) is 5.91 Å². The van der Waals surface area contributed by atoms with Crippen molar-refractivity contribution in [3.8, 4) is 0 Å². The van der Waals surface area contributed by atoms with E-state index in [2.05, 4.69) is 5.32 Å². The second-order valence-electron chi connectivity index (χ2n) is 6.34. The van der Waals surface area contributed by atoms with E-state index in [1.807, 2.05) is 13.0 Å². The highest BCUT2D eigenvalue weighted by atomic mass is 35.5. The van der Waals surface area contributed by atoms with Gasteiger partial charge in [0, 0.05) is 37.3 Å². The van der Waals surface area contributed by atoms with E-state index >= 15 is 0 Å². The molecule has 0 spiro atoms. The first kappa shape index (κ1) is 19.5. The third-order valence-electron chi connectivity index (χ3n) is 4.23. The molecule has 1 fully saturated rings. The molecule has 5 nitrogen and oxygen atoms in total. The molecule has 0 aromatic heterocycles. The lowest BCUT2D eigenvalue weighted by molar-refractivity contribution is -0.120. The van der Waals surface area contributed by atoms with Gasteiger partial charge in [0.25, 0.3) is 5.91 Å². The molecule has 2 unspecified atom stereocenters. The fourth-order valence-electron chi connectivity index (χ4n) is 2.85. The molecular formula is C17H26ClN3O2. The van der Waals surface area contributed by atoms with Gasteiger partial charge in [-0.25, -0.2) is 0 Å². The number of carbonyl (C=O) groups is 2. The minimum absolute atomic E-state index is 0. The van der Waals surface area contributed by atoms with E-state index in [4.69, 9.17) is 5.73 Å². The van der Waals surface area contributed by atoms with Crippen LogP contribution in [0.1, 0.15) is 41.6 Å². The Morgan fingerprint density at radius 1 is 1.26 bits per heavy atom. The summed E-state index contributed by atoms with van der Waals surface area (Å²) in [6.45, 7) is 1.92. The first-order chi connectivity index (χ1) is 10.4. The van der Waals surface area contributed by atoms with Crippen LogP contribution in [0.3, 0.4) is 0 Å². The van der Waals surface area contributed by atoms with Gasteiger partial charge >= 0.3 is 0 Å². The van der Waals surface area contributed by atoms with Crippen molar-refractivity contribution in [2.45, 2.75) is 38.6 Å². The van der Waals surface area contributed by atoms with Crippen molar-refractivity contribution in [1.29, 1.82) is 0 Å². The molecule has 6 heteroatoms. The van der Waals surface area contributed by atoms with Crippen molar-refractivity contribution in [3.05, 3.63) is 29.3 Å². The number of nitrogens with zero attached hydrogens (tertiary/aromatic N) is 1. The van der Waals surface area contributed by atoms with Crippen LogP contribution in [0.25, 0.3) is 0 Å². The number of anilines is 1. The average molecular weight is 340 g/mol. The lowest BCUT2D eigenvalue weighted by atomic mass is 9.85. The number of nitrogens with two attached hydrogens (primary N) is 1. The molecule has 1 aliphatic carbocycles. The number of benzene rings is 1. The first-order valence-electron chi connectivity index (χ1n) is 7.77. The minimum atomic E-state index is -0.0739. The Labute approximate surface area is 144 Å². The van der Waals surface area contributed by atoms with E-state index in [9.17, 15) is 9.59 Å². The van der Waals surface area contributed by atoms with Gasteiger partial charge in [-0.2, -0.15) is 0 Å². The van der Waals surface area contributed by atoms with Crippen LogP contribution in [-0.2, 0) is 4.79 Å². The molecule has 1 aliphatic rings. The van der Waals surface area contributed by atoms with Crippen LogP contribution in [-0.4, -0.2) is 36.9 Å². The number of amides is 2. The summed E-state index contributed by atoms with van der Waals surface area (Å²) in [5.41, 5.74) is 8.18. The standard InChI is InChI=1S/C17H25N3O2.ClH/c1-11-7-8-13(17(22)20(2)3)10-15(11)19-16(21)12-5-4-6-14(18)9-12;/h7-8,10,12,14H,4-6,9,18H2,1-3H3,(H,19,21);1H. The van der Waals surface area contributed by atoms with Gasteiger partial charge in [-0.3, -0.25) is 9.59 Å². The Balaban J connectivity index is 0.00000264. The van der Waals surface area contributed by atoms with Crippen molar-refractivity contribution in [2.24, 2.45) is 11.7 Å². The molecule has 2 rings (SSSR count). The summed E-state index contributed by atoms with van der Waals surface area (Å²) in [7, 11) is 3.42. The lowest BCUT2D eigenvalue weighted by Crippen LogP contribution is -2.34. The molecule has 2 amide bonds. The minimum Gasteiger partial charge on any atom is -0.345 e. The molecule has 1 aromatic carbocycles. The zero-order valence-electron chi connectivity index (χ0n) is 14.0. The topological polar surface area (TPSA) is 75.4 Å². The normalized spacial score (nSPS) is 20.3. The van der Waals surface area contributed by atoms with Crippen LogP contribution in [0, 0.1) is 12.8 Å². The summed E-state index contributed by atoms with van der Waals surface area (Å²) in [4.78, 5) is 26.0. The molecule has 0 saturated heterocycles. The van der Waals surface area contributed by atoms with Gasteiger partial charge in [0.05, 0.1) is 0 Å². The van der Waals surface area contributed by atoms with Gasteiger partial charge in [-0.15, -0.1) is 12.4 Å². The summed E-state index contributed by atoms with van der Waals surface area (Å²) in [5.74, 6) is -0.0979. The van der Waals surface area contributed by atoms with E-state index in [-0.39, 0.29) is 36.2 Å². The summed E-state index contributed by atoms with van der Waals surface area (Å²) in [5, 5.41) is 2.97. The number of nitrogens with one attached hydrogen (secondary N) is 1. The van der Waals surface area contributed by atoms with Crippen LogP contribution in [0.5, 0.6) is 0 Å². The van der Waals surface area contributed by atoms with Crippen molar-refractivity contribution < 1.29 is 9.59 Å². The third-order valence-corrected chi connectivity index (χ3v) is 4.23. The fourth-order valence-corrected chi connectivity index (χ4v) is 2.85. The van der Waals surface area contributed by atoms with E-state index in [0.717, 1.165) is 31.2 Å². The average Bonchev–Trinajstić information content (AvgIpc) is 2.48. The van der Waals surface area contributed by atoms with Crippen molar-refractivity contribution in [3.63, 3.8) is 0 Å². The number of hydrogen-bond donors (Lipinski definition) is 2. The molecular weight excluding hydrogens is 314 g/mol. The van der Waals surface area contributed by atoms with Gasteiger partial charge in [0.1, 0.15) is 0 Å². The molecule has 1 aromatic rings. The highest BCUT2D eigenvalue weighted by molar-refractivity contribution is 5.98. The van der Waals surface area contributed by atoms with Gasteiger partial charge in [-0.05, 0) is 43.9 Å². The molecule has 128 valence electrons. The molecule has 0 heterocycles. The van der Waals surface area contributed by atoms with E-state index in [1.165, 1.54) is 4.90 Å². The second kappa shape index (κ2) is 8.31. The number of halogens is 1. The van der Waals surface area contributed by atoms with Crippen LogP contribution >= 0.6 is 12.4 Å². The van der Waals surface area contributed by atoms with Gasteiger partial charge < -0.3 is 16.0 Å². The predicted octanol–water partition coefficient (Wildman–Crippen LogP) is 2.57. The Bertz CT molecular complexity index is 575. The highest BCUT2D eigenvalue weighted by Gasteiger charge is 2.25. The largest absolute Gasteiger partial charge is 0.345 e. The summed E-state index contributed by atoms with van der Waals surface area (Å²) in [6, 6.07) is 5.51. The number of aryl methyl sites for hydroxylation is 1. The van der Waals surface area contributed by atoms with Crippen molar-refractivity contribution in [1.82, 2.24) is 4.90 Å². The molecule has 2 atom stereocenters. The van der Waals surface area contributed by atoms with Gasteiger partial charge in [-0.1, -0.05) is 12.5 Å². The fraction of sp³-hybridized carbons (Fsp3) is 0.529. The van der Waals surface area contributed by atoms with Crippen molar-refractivity contribution in [2.75, 3.05) is 19.4 Å². The Morgan fingerprint density at radius 2 is 1.96 bits per heavy atom. The Morgan fingerprint density at radius 3 is 2.57 bits per heavy atom. The number of rotatable bonds is 3. The smallest absolute Gasteiger partial charge is 0.253 e. The molecule has 0 aliphatic heterocycles. The van der Waals surface area contributed by atoms with Crippen LogP contribution in [0.15, 0.2) is 18.2 Å². The third kappa shape index (κ3) is 4.94. The van der Waals surface area contributed by atoms with E-state index < -0.39 is 0 Å². The summed E-state index contributed by atoms with van der Waals surface area (Å²) >= 11 is 0. The Kier molecular flexibility index (Phi) is 7.03. The zero-order valence-corrected chi connectivity index (χ0v) is 14.8. The maximum absolute atomic E-state index is 12.4. The van der Waals surface area contributed by atoms with Crippen LogP contribution in [0.2, 0.25) is 0 Å². The van der Waals surface area contributed by atoms with Crippen LogP contribution in [0.4, 0.5) is 5.69 Å². The zero-order chi connectivity index (χ0) is 16.3. The quantitative estimate of drug-likeness (QED) is 0.888. The van der Waals surface area contributed by atoms with E-state index in [1.54, 1.807) is 26.2 Å². The predicted molar refractivity (Wildman–Crippen MR) is 95.0 cm³/mol. The Hall–Kier alpha value is -1.59. The molecule has 3 N–H and O–H groups in total. The maximum Gasteiger partial charge on any atom is 0.253 e. The monoisotopic (exact) mass is 339 g/mol. The lowest BCUT2D eigenvalue weighted by Gasteiger charge is -2.26. The number of hydrogen-bond acceptors (Lipinski definition) is 3. The molecule has 0 radical (unpaired) electrons. The first-order valence-corrected chi connectivity index (χ1v) is 7.77. The summed E-state index contributed by atoms with van der Waals surface area (Å²) < 4.78 is 0. The SMILES string of the molecule is Cc1ccc(C(=O)N(C)C)cc1NC(=O)C1CCCC(N)C1.Cl. The highest BCUT2D eigenvalue weighted by Crippen LogP contribution is 2.25. The van der Waals surface area contributed by atoms with Crippen molar-refractivity contribution >= 4 is 29.9 Å². The molecule has 1 saturated carbocycles. The van der Waals surface area contributed by atoms with E-state index in [0.29, 0.717) is 11.3 Å². The maximum atomic E-state index is 12.4. The number of carbonyl (C=O) groups excluding carboxylic acids is 2. The second-order valence-corrected chi connectivity index (χ2v) is 6.34. The summed E-state index contributed by atoms with van der Waals surface area (Å²) in [6.07, 6.45) is 3.61.